The maximum atomic E-state index is 13.2. The van der Waals surface area contributed by atoms with Crippen molar-refractivity contribution < 1.29 is 4.79 Å². The van der Waals surface area contributed by atoms with E-state index in [2.05, 4.69) is 4.90 Å². The zero-order valence-electron chi connectivity index (χ0n) is 17.0. The lowest BCUT2D eigenvalue weighted by atomic mass is 10.1. The molecule has 6 heteroatoms. The van der Waals surface area contributed by atoms with Crippen LogP contribution in [0.5, 0.6) is 0 Å². The number of amides is 1. The van der Waals surface area contributed by atoms with E-state index in [1.807, 2.05) is 82.3 Å². The van der Waals surface area contributed by atoms with Crippen molar-refractivity contribution in [1.82, 2.24) is 9.47 Å². The molecule has 3 aromatic carbocycles. The largest absolute Gasteiger partial charge is 0.368 e. The molecule has 2 heterocycles. The van der Waals surface area contributed by atoms with Crippen LogP contribution in [0.15, 0.2) is 77.6 Å². The number of nitrogens with zero attached hydrogens (tertiary/aromatic N) is 3. The Morgan fingerprint density at radius 3 is 2.03 bits per heavy atom. The quantitative estimate of drug-likeness (QED) is 0.458. The fourth-order valence-electron chi connectivity index (χ4n) is 4.37. The van der Waals surface area contributed by atoms with Crippen molar-refractivity contribution >= 4 is 45.0 Å². The number of aromatic nitrogens is 1. The maximum absolute atomic E-state index is 13.2. The summed E-state index contributed by atoms with van der Waals surface area (Å²) in [5, 5.41) is 1.99. The molecule has 31 heavy (non-hydrogen) atoms. The fraction of sp³-hybridized carbons (Fsp3) is 0.200. The topological polar surface area (TPSA) is 45.6 Å². The number of piperazine rings is 1. The molecule has 1 aliphatic heterocycles. The number of hydrogen-bond donors (Lipinski definition) is 0. The highest BCUT2D eigenvalue weighted by Crippen LogP contribution is 2.22. The van der Waals surface area contributed by atoms with E-state index >= 15 is 0 Å². The third kappa shape index (κ3) is 3.66. The van der Waals surface area contributed by atoms with Gasteiger partial charge in [0.1, 0.15) is 6.54 Å². The first kappa shape index (κ1) is 19.6. The fourth-order valence-corrected chi connectivity index (χ4v) is 4.55. The van der Waals surface area contributed by atoms with Gasteiger partial charge in [0, 0.05) is 47.7 Å². The monoisotopic (exact) mass is 431 g/mol. The van der Waals surface area contributed by atoms with Gasteiger partial charge in [-0.05, 0) is 42.5 Å². The van der Waals surface area contributed by atoms with Crippen LogP contribution in [0.4, 0.5) is 5.69 Å². The number of halogens is 1. The molecule has 1 aliphatic rings. The maximum Gasteiger partial charge on any atom is 0.242 e. The molecule has 0 saturated carbocycles. The van der Waals surface area contributed by atoms with Crippen molar-refractivity contribution in [3.8, 4) is 0 Å². The van der Waals surface area contributed by atoms with Crippen LogP contribution in [0.25, 0.3) is 21.8 Å². The van der Waals surface area contributed by atoms with Crippen molar-refractivity contribution in [3.63, 3.8) is 0 Å². The summed E-state index contributed by atoms with van der Waals surface area (Å²) in [4.78, 5) is 30.3. The summed E-state index contributed by atoms with van der Waals surface area (Å²) < 4.78 is 1.97. The van der Waals surface area contributed by atoms with Gasteiger partial charge in [0.2, 0.25) is 5.91 Å². The van der Waals surface area contributed by atoms with Gasteiger partial charge in [-0.2, -0.15) is 0 Å². The molecule has 0 atom stereocenters. The molecular formula is C25H22ClN3O2. The SMILES string of the molecule is O=C(Cn1c2ccccc2c(=O)c2ccccc21)N1CCN(c2cccc(Cl)c2)CC1. The third-order valence-corrected chi connectivity index (χ3v) is 6.21. The predicted octanol–water partition coefficient (Wildman–Crippen LogP) is 4.16. The molecule has 0 spiro atoms. The van der Waals surface area contributed by atoms with Crippen molar-refractivity contribution in [1.29, 1.82) is 0 Å². The Kier molecular flexibility index (Phi) is 5.12. The number of carbonyl (C=O) groups excluding carboxylic acids is 1. The van der Waals surface area contributed by atoms with Gasteiger partial charge < -0.3 is 14.4 Å². The van der Waals surface area contributed by atoms with Crippen LogP contribution in [0.3, 0.4) is 0 Å². The normalized spacial score (nSPS) is 14.4. The molecule has 1 aromatic heterocycles. The summed E-state index contributed by atoms with van der Waals surface area (Å²) in [6.07, 6.45) is 0. The Morgan fingerprint density at radius 1 is 0.806 bits per heavy atom. The van der Waals surface area contributed by atoms with Gasteiger partial charge in [0.15, 0.2) is 5.43 Å². The number of para-hydroxylation sites is 2. The second kappa shape index (κ2) is 8.08. The summed E-state index contributed by atoms with van der Waals surface area (Å²) in [6, 6.07) is 22.8. The van der Waals surface area contributed by atoms with Gasteiger partial charge >= 0.3 is 0 Å². The van der Waals surface area contributed by atoms with Crippen LogP contribution < -0.4 is 10.3 Å². The highest BCUT2D eigenvalue weighted by molar-refractivity contribution is 6.30. The van der Waals surface area contributed by atoms with Gasteiger partial charge in [-0.3, -0.25) is 9.59 Å². The van der Waals surface area contributed by atoms with Crippen LogP contribution in [-0.4, -0.2) is 41.6 Å². The Hall–Kier alpha value is -3.31. The lowest BCUT2D eigenvalue weighted by Crippen LogP contribution is -2.49. The van der Waals surface area contributed by atoms with Crippen molar-refractivity contribution in [2.75, 3.05) is 31.1 Å². The Morgan fingerprint density at radius 2 is 1.42 bits per heavy atom. The minimum atomic E-state index is 0.00466. The minimum absolute atomic E-state index is 0.00466. The van der Waals surface area contributed by atoms with Gasteiger partial charge in [0.05, 0.1) is 11.0 Å². The van der Waals surface area contributed by atoms with Crippen molar-refractivity contribution in [2.24, 2.45) is 0 Å². The molecule has 156 valence electrons. The number of benzene rings is 3. The number of rotatable bonds is 3. The van der Waals surface area contributed by atoms with Gasteiger partial charge in [0.25, 0.3) is 0 Å². The number of carbonyl (C=O) groups is 1. The molecule has 1 saturated heterocycles. The van der Waals surface area contributed by atoms with E-state index in [0.717, 1.165) is 29.8 Å². The van der Waals surface area contributed by atoms with Gasteiger partial charge in [-0.1, -0.05) is 41.9 Å². The Labute approximate surface area is 185 Å². The van der Waals surface area contributed by atoms with E-state index in [-0.39, 0.29) is 17.9 Å². The van der Waals surface area contributed by atoms with Crippen LogP contribution in [0.1, 0.15) is 0 Å². The van der Waals surface area contributed by atoms with Crippen molar-refractivity contribution in [2.45, 2.75) is 6.54 Å². The molecular weight excluding hydrogens is 410 g/mol. The number of pyridine rings is 1. The van der Waals surface area contributed by atoms with Crippen LogP contribution in [-0.2, 0) is 11.3 Å². The van der Waals surface area contributed by atoms with Gasteiger partial charge in [-0.25, -0.2) is 0 Å². The Balaban J connectivity index is 1.41. The van der Waals surface area contributed by atoms with Gasteiger partial charge in [-0.15, -0.1) is 0 Å². The lowest BCUT2D eigenvalue weighted by molar-refractivity contribution is -0.132. The van der Waals surface area contributed by atoms with Crippen LogP contribution in [0, 0.1) is 0 Å². The zero-order valence-corrected chi connectivity index (χ0v) is 17.8. The molecule has 0 unspecified atom stereocenters. The smallest absolute Gasteiger partial charge is 0.242 e. The lowest BCUT2D eigenvalue weighted by Gasteiger charge is -2.36. The minimum Gasteiger partial charge on any atom is -0.368 e. The first-order valence-electron chi connectivity index (χ1n) is 10.4. The first-order valence-corrected chi connectivity index (χ1v) is 10.8. The summed E-state index contributed by atoms with van der Waals surface area (Å²) in [6.45, 7) is 3.04. The average molecular weight is 432 g/mol. The molecule has 5 nitrogen and oxygen atoms in total. The highest BCUT2D eigenvalue weighted by Gasteiger charge is 2.22. The number of anilines is 1. The highest BCUT2D eigenvalue weighted by atomic mass is 35.5. The van der Waals surface area contributed by atoms with Crippen LogP contribution >= 0.6 is 11.6 Å². The molecule has 5 rings (SSSR count). The number of fused-ring (bicyclic) bond motifs is 2. The molecule has 0 aliphatic carbocycles. The van der Waals surface area contributed by atoms with E-state index in [1.54, 1.807) is 0 Å². The predicted molar refractivity (Wildman–Crippen MR) is 126 cm³/mol. The Bertz CT molecular complexity index is 1280. The molecule has 0 N–H and O–H groups in total. The summed E-state index contributed by atoms with van der Waals surface area (Å²) in [5.41, 5.74) is 2.66. The molecule has 1 amide bonds. The summed E-state index contributed by atoms with van der Waals surface area (Å²) in [7, 11) is 0. The zero-order chi connectivity index (χ0) is 21.4. The molecule has 0 bridgehead atoms. The molecule has 1 fully saturated rings. The standard InChI is InChI=1S/C25H22ClN3O2/c26-18-6-5-7-19(16-18)27-12-14-28(15-13-27)24(30)17-29-22-10-3-1-8-20(22)25(31)21-9-2-4-11-23(21)29/h1-11,16H,12-15,17H2. The van der Waals surface area contributed by atoms with E-state index in [1.165, 1.54) is 0 Å². The molecule has 0 radical (unpaired) electrons. The van der Waals surface area contributed by atoms with Crippen molar-refractivity contribution in [3.05, 3.63) is 88.0 Å². The summed E-state index contributed by atoms with van der Waals surface area (Å²) >= 11 is 6.12. The van der Waals surface area contributed by atoms with E-state index in [4.69, 9.17) is 11.6 Å². The second-order valence-corrected chi connectivity index (χ2v) is 8.23. The van der Waals surface area contributed by atoms with Crippen LogP contribution in [0.2, 0.25) is 5.02 Å². The number of hydrogen-bond acceptors (Lipinski definition) is 3. The van der Waals surface area contributed by atoms with E-state index < -0.39 is 0 Å². The van der Waals surface area contributed by atoms with E-state index in [9.17, 15) is 9.59 Å². The summed E-state index contributed by atoms with van der Waals surface area (Å²) in [5.74, 6) is 0.0599. The van der Waals surface area contributed by atoms with E-state index in [0.29, 0.717) is 28.9 Å². The first-order chi connectivity index (χ1) is 15.1. The average Bonchev–Trinajstić information content (AvgIpc) is 2.82. The molecule has 4 aromatic rings. The third-order valence-electron chi connectivity index (χ3n) is 5.98. The second-order valence-electron chi connectivity index (χ2n) is 7.80.